The normalized spacial score (nSPS) is 10.9. The number of para-hydroxylation sites is 2. The van der Waals surface area contributed by atoms with Crippen LogP contribution in [0.5, 0.6) is 0 Å². The van der Waals surface area contributed by atoms with Gasteiger partial charge in [-0.3, -0.25) is 4.98 Å². The predicted molar refractivity (Wildman–Crippen MR) is 74.5 cm³/mol. The van der Waals surface area contributed by atoms with Gasteiger partial charge in [-0.25, -0.2) is 4.98 Å². The van der Waals surface area contributed by atoms with Gasteiger partial charge in [-0.05, 0) is 39.8 Å². The van der Waals surface area contributed by atoms with Gasteiger partial charge in [0.2, 0.25) is 0 Å². The number of halogens is 1. The Kier molecular flexibility index (Phi) is 2.97. The van der Waals surface area contributed by atoms with E-state index in [1.807, 2.05) is 24.3 Å². The average molecular weight is 322 g/mol. The number of rotatable bonds is 2. The topological polar surface area (TPSA) is 64.9 Å². The van der Waals surface area contributed by atoms with Gasteiger partial charge in [0, 0.05) is 6.20 Å². The molecule has 1 aromatic carbocycles. The van der Waals surface area contributed by atoms with Crippen LogP contribution in [0.4, 0.5) is 5.69 Å². The number of nitrogens with zero attached hydrogens (tertiary/aromatic N) is 2. The Morgan fingerprint density at radius 3 is 2.83 bits per heavy atom. The molecule has 0 fully saturated rings. The van der Waals surface area contributed by atoms with Gasteiger partial charge in [-0.2, -0.15) is 0 Å². The second kappa shape index (κ2) is 4.62. The molecule has 0 saturated carbocycles. The number of pyridine rings is 1. The van der Waals surface area contributed by atoms with Crippen molar-refractivity contribution in [1.29, 1.82) is 0 Å². The van der Waals surface area contributed by atoms with Crippen molar-refractivity contribution in [2.24, 2.45) is 0 Å². The van der Waals surface area contributed by atoms with Gasteiger partial charge in [0.25, 0.3) is 5.22 Å². The molecule has 0 radical (unpaired) electrons. The summed E-state index contributed by atoms with van der Waals surface area (Å²) in [7, 11) is 0. The zero-order chi connectivity index (χ0) is 12.5. The van der Waals surface area contributed by atoms with Crippen molar-refractivity contribution in [3.63, 3.8) is 0 Å². The average Bonchev–Trinajstić information content (AvgIpc) is 2.76. The minimum atomic E-state index is 0.565. The summed E-state index contributed by atoms with van der Waals surface area (Å²) in [4.78, 5) is 9.24. The molecule has 90 valence electrons. The van der Waals surface area contributed by atoms with Crippen LogP contribution in [-0.4, -0.2) is 9.97 Å². The maximum absolute atomic E-state index is 5.88. The molecule has 0 aliphatic carbocycles. The number of fused-ring (bicyclic) bond motifs is 1. The van der Waals surface area contributed by atoms with Crippen LogP contribution in [0.25, 0.3) is 11.1 Å². The van der Waals surface area contributed by atoms with Crippen molar-refractivity contribution >= 4 is 44.5 Å². The molecule has 0 spiro atoms. The maximum atomic E-state index is 5.88. The number of nitrogens with two attached hydrogens (primary N) is 1. The van der Waals surface area contributed by atoms with Gasteiger partial charge in [0.15, 0.2) is 5.58 Å². The van der Waals surface area contributed by atoms with Crippen LogP contribution >= 0.6 is 27.7 Å². The number of hydrogen-bond donors (Lipinski definition) is 1. The van der Waals surface area contributed by atoms with Gasteiger partial charge >= 0.3 is 0 Å². The SMILES string of the molecule is Nc1cncc(Br)c1Sc1nc2ccccc2o1. The van der Waals surface area contributed by atoms with Crippen molar-refractivity contribution in [2.45, 2.75) is 10.1 Å². The van der Waals surface area contributed by atoms with Crippen molar-refractivity contribution < 1.29 is 4.42 Å². The van der Waals surface area contributed by atoms with Crippen molar-refractivity contribution in [1.82, 2.24) is 9.97 Å². The zero-order valence-electron chi connectivity index (χ0n) is 9.13. The third-order valence-corrected chi connectivity index (χ3v) is 4.22. The molecule has 0 saturated heterocycles. The Bertz CT molecular complexity index is 660. The number of oxazole rings is 1. The van der Waals surface area contributed by atoms with E-state index in [4.69, 9.17) is 10.2 Å². The van der Waals surface area contributed by atoms with Crippen molar-refractivity contribution in [3.05, 3.63) is 41.1 Å². The number of benzene rings is 1. The molecule has 0 aliphatic heterocycles. The van der Waals surface area contributed by atoms with Crippen LogP contribution in [0.15, 0.2) is 55.7 Å². The van der Waals surface area contributed by atoms with Gasteiger partial charge in [0.05, 0.1) is 21.3 Å². The Labute approximate surface area is 116 Å². The molecule has 0 atom stereocenters. The van der Waals surface area contributed by atoms with E-state index in [0.29, 0.717) is 10.9 Å². The minimum Gasteiger partial charge on any atom is -0.431 e. The molecular formula is C12H8BrN3OS. The first-order valence-electron chi connectivity index (χ1n) is 5.16. The zero-order valence-corrected chi connectivity index (χ0v) is 11.5. The van der Waals surface area contributed by atoms with Crippen molar-refractivity contribution in [3.8, 4) is 0 Å². The monoisotopic (exact) mass is 321 g/mol. The van der Waals surface area contributed by atoms with Crippen LogP contribution < -0.4 is 5.73 Å². The Hall–Kier alpha value is -1.53. The molecule has 4 nitrogen and oxygen atoms in total. The summed E-state index contributed by atoms with van der Waals surface area (Å²) in [6, 6.07) is 7.64. The fourth-order valence-electron chi connectivity index (χ4n) is 1.53. The maximum Gasteiger partial charge on any atom is 0.261 e. The van der Waals surface area contributed by atoms with E-state index in [-0.39, 0.29) is 0 Å². The summed E-state index contributed by atoms with van der Waals surface area (Å²) < 4.78 is 6.47. The lowest BCUT2D eigenvalue weighted by molar-refractivity contribution is 0.489. The van der Waals surface area contributed by atoms with E-state index in [0.717, 1.165) is 20.5 Å². The lowest BCUT2D eigenvalue weighted by atomic mass is 10.3. The van der Waals surface area contributed by atoms with E-state index >= 15 is 0 Å². The first-order chi connectivity index (χ1) is 8.74. The van der Waals surface area contributed by atoms with Crippen molar-refractivity contribution in [2.75, 3.05) is 5.73 Å². The summed E-state index contributed by atoms with van der Waals surface area (Å²) in [6.07, 6.45) is 3.30. The molecule has 2 aromatic heterocycles. The highest BCUT2D eigenvalue weighted by Gasteiger charge is 2.12. The fourth-order valence-corrected chi connectivity index (χ4v) is 2.89. The molecule has 0 bridgehead atoms. The molecule has 2 N–H and O–H groups in total. The Balaban J connectivity index is 2.01. The highest BCUT2D eigenvalue weighted by Crippen LogP contribution is 2.37. The van der Waals surface area contributed by atoms with E-state index in [1.165, 1.54) is 11.8 Å². The molecule has 3 rings (SSSR count). The lowest BCUT2D eigenvalue weighted by Crippen LogP contribution is -1.90. The number of aromatic nitrogens is 2. The fraction of sp³-hybridized carbons (Fsp3) is 0. The van der Waals surface area contributed by atoms with Gasteiger partial charge in [0.1, 0.15) is 5.52 Å². The summed E-state index contributed by atoms with van der Waals surface area (Å²) in [5.41, 5.74) is 8.08. The second-order valence-electron chi connectivity index (χ2n) is 3.59. The quantitative estimate of drug-likeness (QED) is 0.779. The predicted octanol–water partition coefficient (Wildman–Crippen LogP) is 3.72. The number of nitrogen functional groups attached to an aromatic ring is 1. The molecule has 0 aliphatic rings. The molecule has 18 heavy (non-hydrogen) atoms. The molecule has 2 heterocycles. The van der Waals surface area contributed by atoms with Crippen LogP contribution in [-0.2, 0) is 0 Å². The third-order valence-electron chi connectivity index (χ3n) is 2.34. The van der Waals surface area contributed by atoms with E-state index in [1.54, 1.807) is 12.4 Å². The minimum absolute atomic E-state index is 0.565. The molecular weight excluding hydrogens is 314 g/mol. The lowest BCUT2D eigenvalue weighted by Gasteiger charge is -2.03. The summed E-state index contributed by atoms with van der Waals surface area (Å²) >= 11 is 4.79. The van der Waals surface area contributed by atoms with Crippen LogP contribution in [0.2, 0.25) is 0 Å². The summed E-state index contributed by atoms with van der Waals surface area (Å²) in [5, 5.41) is 0.565. The molecule has 0 amide bonds. The van der Waals surface area contributed by atoms with Crippen LogP contribution in [0.3, 0.4) is 0 Å². The molecule has 3 aromatic rings. The Morgan fingerprint density at radius 2 is 2.06 bits per heavy atom. The van der Waals surface area contributed by atoms with Gasteiger partial charge < -0.3 is 10.2 Å². The van der Waals surface area contributed by atoms with E-state index < -0.39 is 0 Å². The second-order valence-corrected chi connectivity index (χ2v) is 5.41. The Morgan fingerprint density at radius 1 is 1.22 bits per heavy atom. The first kappa shape index (κ1) is 11.6. The van der Waals surface area contributed by atoms with E-state index in [9.17, 15) is 0 Å². The van der Waals surface area contributed by atoms with Crippen LogP contribution in [0, 0.1) is 0 Å². The first-order valence-corrected chi connectivity index (χ1v) is 6.77. The standard InChI is InChI=1S/C12H8BrN3OS/c13-7-5-15-6-8(14)11(7)18-12-16-9-3-1-2-4-10(9)17-12/h1-6H,14H2. The van der Waals surface area contributed by atoms with Gasteiger partial charge in [-0.1, -0.05) is 12.1 Å². The van der Waals surface area contributed by atoms with E-state index in [2.05, 4.69) is 25.9 Å². The summed E-state index contributed by atoms with van der Waals surface area (Å²) in [5.74, 6) is 0. The highest BCUT2D eigenvalue weighted by atomic mass is 79.9. The smallest absolute Gasteiger partial charge is 0.261 e. The molecule has 0 unspecified atom stereocenters. The van der Waals surface area contributed by atoms with Gasteiger partial charge in [-0.15, -0.1) is 0 Å². The largest absolute Gasteiger partial charge is 0.431 e. The third kappa shape index (κ3) is 2.09. The number of anilines is 1. The highest BCUT2D eigenvalue weighted by molar-refractivity contribution is 9.10. The van der Waals surface area contributed by atoms with Crippen LogP contribution in [0.1, 0.15) is 0 Å². The number of hydrogen-bond acceptors (Lipinski definition) is 5. The molecule has 6 heteroatoms. The summed E-state index contributed by atoms with van der Waals surface area (Å²) in [6.45, 7) is 0.